The van der Waals surface area contributed by atoms with Gasteiger partial charge in [0.25, 0.3) is 0 Å². The minimum absolute atomic E-state index is 0.0686. The standard InChI is InChI=1S/C28H43NO4SSi/c1-27(2,3)34(30)29-19-25(31-20-23-15-11-9-12-16-23)26(22-33-35(7,8)28(4,5)6)32-21-24-17-13-10-14-18-24/h9-19,25-26H,20-22H2,1-8H3/b29-19+/t25-,26+,34+/m0/s1. The van der Waals surface area contributed by atoms with Gasteiger partial charge in [-0.15, -0.1) is 0 Å². The lowest BCUT2D eigenvalue weighted by molar-refractivity contribution is -0.0730. The van der Waals surface area contributed by atoms with Crippen LogP contribution in [0, 0.1) is 0 Å². The Kier molecular flexibility index (Phi) is 11.0. The Labute approximate surface area is 216 Å². The van der Waals surface area contributed by atoms with Gasteiger partial charge >= 0.3 is 0 Å². The van der Waals surface area contributed by atoms with Crippen molar-refractivity contribution in [1.82, 2.24) is 0 Å². The molecule has 0 saturated carbocycles. The highest BCUT2D eigenvalue weighted by molar-refractivity contribution is 7.85. The van der Waals surface area contributed by atoms with Crippen molar-refractivity contribution in [2.45, 2.75) is 89.8 Å². The first-order chi connectivity index (χ1) is 16.3. The summed E-state index contributed by atoms with van der Waals surface area (Å²) in [6, 6.07) is 20.0. The maximum Gasteiger partial charge on any atom is 0.192 e. The fraction of sp³-hybridized carbons (Fsp3) is 0.536. The Hall–Kier alpha value is -1.64. The number of nitrogens with zero attached hydrogens (tertiary/aromatic N) is 1. The molecule has 2 rings (SSSR count). The van der Waals surface area contributed by atoms with Crippen molar-refractivity contribution in [3.63, 3.8) is 0 Å². The number of hydrogen-bond acceptors (Lipinski definition) is 4. The van der Waals surface area contributed by atoms with Gasteiger partial charge < -0.3 is 13.9 Å². The van der Waals surface area contributed by atoms with Crippen LogP contribution in [-0.2, 0) is 38.1 Å². The van der Waals surface area contributed by atoms with Gasteiger partial charge in [-0.25, -0.2) is 4.21 Å². The summed E-state index contributed by atoms with van der Waals surface area (Å²) in [5, 5.41) is 0.0686. The zero-order valence-corrected chi connectivity index (χ0v) is 24.4. The molecule has 0 spiro atoms. The first kappa shape index (κ1) is 29.6. The van der Waals surface area contributed by atoms with Gasteiger partial charge in [-0.3, -0.25) is 0 Å². The first-order valence-corrected chi connectivity index (χ1v) is 16.2. The van der Waals surface area contributed by atoms with E-state index in [1.807, 2.05) is 81.4 Å². The third kappa shape index (κ3) is 10.1. The second-order valence-corrected chi connectivity index (χ2v) is 18.0. The summed E-state index contributed by atoms with van der Waals surface area (Å²) in [7, 11) is -3.42. The van der Waals surface area contributed by atoms with Crippen LogP contribution in [0.4, 0.5) is 0 Å². The fourth-order valence-electron chi connectivity index (χ4n) is 2.81. The van der Waals surface area contributed by atoms with E-state index in [0.29, 0.717) is 19.8 Å². The molecule has 5 nitrogen and oxygen atoms in total. The van der Waals surface area contributed by atoms with Gasteiger partial charge in [-0.05, 0) is 50.0 Å². The third-order valence-electron chi connectivity index (χ3n) is 6.20. The van der Waals surface area contributed by atoms with Crippen molar-refractivity contribution in [2.75, 3.05) is 6.61 Å². The Morgan fingerprint density at radius 3 is 1.80 bits per heavy atom. The van der Waals surface area contributed by atoms with Crippen molar-refractivity contribution in [2.24, 2.45) is 4.40 Å². The lowest BCUT2D eigenvalue weighted by atomic mass is 10.2. The summed E-state index contributed by atoms with van der Waals surface area (Å²) in [5.41, 5.74) is 2.12. The molecule has 0 aliphatic rings. The highest BCUT2D eigenvalue weighted by Gasteiger charge is 2.38. The second-order valence-electron chi connectivity index (χ2n) is 11.3. The van der Waals surface area contributed by atoms with E-state index in [0.717, 1.165) is 11.1 Å². The second kappa shape index (κ2) is 13.1. The molecule has 0 saturated heterocycles. The zero-order chi connectivity index (χ0) is 26.1. The van der Waals surface area contributed by atoms with Gasteiger partial charge in [0.1, 0.15) is 23.2 Å². The van der Waals surface area contributed by atoms with Crippen LogP contribution >= 0.6 is 0 Å². The monoisotopic (exact) mass is 517 g/mol. The molecule has 0 fully saturated rings. The molecule has 0 amide bonds. The van der Waals surface area contributed by atoms with E-state index < -0.39 is 36.3 Å². The van der Waals surface area contributed by atoms with Crippen LogP contribution in [0.15, 0.2) is 65.1 Å². The summed E-state index contributed by atoms with van der Waals surface area (Å²) < 4.78 is 35.9. The molecule has 0 radical (unpaired) electrons. The topological polar surface area (TPSA) is 57.1 Å². The largest absolute Gasteiger partial charge is 0.414 e. The average molecular weight is 518 g/mol. The summed E-state index contributed by atoms with van der Waals surface area (Å²) >= 11 is 0. The van der Waals surface area contributed by atoms with E-state index in [9.17, 15) is 4.21 Å². The van der Waals surface area contributed by atoms with Gasteiger partial charge in [0.2, 0.25) is 0 Å². The van der Waals surface area contributed by atoms with E-state index in [2.05, 4.69) is 38.3 Å². The van der Waals surface area contributed by atoms with Crippen molar-refractivity contribution < 1.29 is 18.1 Å². The molecule has 2 aromatic carbocycles. The summed E-state index contributed by atoms with van der Waals surface area (Å²) in [4.78, 5) is 0. The quantitative estimate of drug-likeness (QED) is 0.232. The maximum absolute atomic E-state index is 12.7. The molecular weight excluding hydrogens is 474 g/mol. The van der Waals surface area contributed by atoms with E-state index in [1.54, 1.807) is 6.21 Å². The molecule has 0 N–H and O–H groups in total. The number of rotatable bonds is 12. The minimum atomic E-state index is -2.02. The number of ether oxygens (including phenoxy) is 2. The van der Waals surface area contributed by atoms with Gasteiger partial charge in [-0.1, -0.05) is 81.4 Å². The molecular formula is C28H43NO4SSi. The smallest absolute Gasteiger partial charge is 0.192 e. The lowest BCUT2D eigenvalue weighted by Gasteiger charge is -2.38. The predicted octanol–water partition coefficient (Wildman–Crippen LogP) is 6.71. The normalized spacial score (nSPS) is 15.8. The molecule has 0 bridgehead atoms. The predicted molar refractivity (Wildman–Crippen MR) is 150 cm³/mol. The molecule has 0 aromatic heterocycles. The van der Waals surface area contributed by atoms with Gasteiger partial charge in [0.05, 0.1) is 24.6 Å². The van der Waals surface area contributed by atoms with E-state index in [1.165, 1.54) is 0 Å². The van der Waals surface area contributed by atoms with Crippen LogP contribution in [0.1, 0.15) is 52.7 Å². The van der Waals surface area contributed by atoms with Crippen LogP contribution in [0.3, 0.4) is 0 Å². The SMILES string of the molecule is CC(C)(C)[S@@](=O)/N=C/[C@H](OCc1ccccc1)[C@@H](CO[Si](C)(C)C(C)(C)C)OCc1ccccc1. The van der Waals surface area contributed by atoms with Crippen molar-refractivity contribution in [1.29, 1.82) is 0 Å². The summed E-state index contributed by atoms with van der Waals surface area (Å²) in [6.07, 6.45) is 0.721. The van der Waals surface area contributed by atoms with Crippen molar-refractivity contribution >= 4 is 25.5 Å². The summed E-state index contributed by atoms with van der Waals surface area (Å²) in [6.45, 7) is 18.0. The Morgan fingerprint density at radius 2 is 1.34 bits per heavy atom. The van der Waals surface area contributed by atoms with Gasteiger partial charge in [-0.2, -0.15) is 4.40 Å². The Balaban J connectivity index is 2.29. The van der Waals surface area contributed by atoms with E-state index in [-0.39, 0.29) is 5.04 Å². The Morgan fingerprint density at radius 1 is 0.857 bits per heavy atom. The highest BCUT2D eigenvalue weighted by Crippen LogP contribution is 2.36. The molecule has 194 valence electrons. The minimum Gasteiger partial charge on any atom is -0.414 e. The van der Waals surface area contributed by atoms with Crippen molar-refractivity contribution in [3.05, 3.63) is 71.8 Å². The molecule has 0 unspecified atom stereocenters. The molecule has 0 aliphatic carbocycles. The van der Waals surface area contributed by atoms with Crippen LogP contribution in [0.25, 0.3) is 0 Å². The lowest BCUT2D eigenvalue weighted by Crippen LogP contribution is -2.46. The molecule has 7 heteroatoms. The zero-order valence-electron chi connectivity index (χ0n) is 22.6. The van der Waals surface area contributed by atoms with Crippen LogP contribution in [0.5, 0.6) is 0 Å². The Bertz CT molecular complexity index is 937. The van der Waals surface area contributed by atoms with E-state index >= 15 is 0 Å². The van der Waals surface area contributed by atoms with Gasteiger partial charge in [0, 0.05) is 6.21 Å². The highest BCUT2D eigenvalue weighted by atomic mass is 32.2. The average Bonchev–Trinajstić information content (AvgIpc) is 2.79. The summed E-state index contributed by atoms with van der Waals surface area (Å²) in [5.74, 6) is 0. The molecule has 2 aromatic rings. The maximum atomic E-state index is 12.7. The molecule has 0 aliphatic heterocycles. The number of hydrogen-bond donors (Lipinski definition) is 0. The van der Waals surface area contributed by atoms with Crippen LogP contribution in [0.2, 0.25) is 18.1 Å². The number of benzene rings is 2. The molecule has 0 heterocycles. The first-order valence-electron chi connectivity index (χ1n) is 12.2. The van der Waals surface area contributed by atoms with Crippen LogP contribution < -0.4 is 0 Å². The molecule has 3 atom stereocenters. The fourth-order valence-corrected chi connectivity index (χ4v) is 4.37. The van der Waals surface area contributed by atoms with E-state index in [4.69, 9.17) is 13.9 Å². The van der Waals surface area contributed by atoms with Gasteiger partial charge in [0.15, 0.2) is 8.32 Å². The van der Waals surface area contributed by atoms with Crippen molar-refractivity contribution in [3.8, 4) is 0 Å². The molecule has 35 heavy (non-hydrogen) atoms. The third-order valence-corrected chi connectivity index (χ3v) is 12.1. The van der Waals surface area contributed by atoms with Crippen LogP contribution in [-0.4, -0.2) is 42.3 Å².